The molecule has 0 amide bonds. The van der Waals surface area contributed by atoms with Gasteiger partial charge in [0.1, 0.15) is 17.4 Å². The largest absolute Gasteiger partial charge is 0.444 e. The number of rotatable bonds is 2. The van der Waals surface area contributed by atoms with E-state index in [4.69, 9.17) is 10.5 Å². The molecule has 1 aromatic heterocycles. The molecule has 29 heavy (non-hydrogen) atoms. The van der Waals surface area contributed by atoms with Crippen LogP contribution in [0, 0.1) is 11.3 Å². The number of para-hydroxylation sites is 1. The first kappa shape index (κ1) is 17.6. The average molecular weight is 383 g/mol. The lowest BCUT2D eigenvalue weighted by Gasteiger charge is -2.31. The van der Waals surface area contributed by atoms with E-state index in [-0.39, 0.29) is 11.7 Å². The number of aromatic nitrogens is 1. The Morgan fingerprint density at radius 1 is 1.17 bits per heavy atom. The number of Topliss-reactive ketones (excluding diaryl/α,β-unsaturated/α-hetero) is 1. The van der Waals surface area contributed by atoms with E-state index in [0.717, 1.165) is 29.4 Å². The molecule has 0 saturated carbocycles. The zero-order chi connectivity index (χ0) is 20.1. The molecule has 0 fully saturated rings. The van der Waals surface area contributed by atoms with Gasteiger partial charge in [0.15, 0.2) is 5.78 Å². The van der Waals surface area contributed by atoms with Gasteiger partial charge in [0.25, 0.3) is 0 Å². The smallest absolute Gasteiger partial charge is 0.205 e. The summed E-state index contributed by atoms with van der Waals surface area (Å²) < 4.78 is 7.95. The first-order chi connectivity index (χ1) is 14.1. The highest BCUT2D eigenvalue weighted by Gasteiger charge is 2.38. The molecule has 0 saturated heterocycles. The van der Waals surface area contributed by atoms with Crippen molar-refractivity contribution in [2.24, 2.45) is 5.73 Å². The van der Waals surface area contributed by atoms with Crippen molar-refractivity contribution < 1.29 is 9.53 Å². The Morgan fingerprint density at radius 3 is 2.76 bits per heavy atom. The van der Waals surface area contributed by atoms with E-state index in [9.17, 15) is 10.1 Å². The Balaban J connectivity index is 1.78. The van der Waals surface area contributed by atoms with Gasteiger partial charge >= 0.3 is 0 Å². The number of nitrogens with zero attached hydrogens (tertiary/aromatic N) is 2. The highest BCUT2D eigenvalue weighted by atomic mass is 16.5. The van der Waals surface area contributed by atoms with Gasteiger partial charge in [0, 0.05) is 46.8 Å². The summed E-state index contributed by atoms with van der Waals surface area (Å²) in [5.41, 5.74) is 10.2. The number of fused-ring (bicyclic) bond motifs is 3. The van der Waals surface area contributed by atoms with Gasteiger partial charge in [-0.05, 0) is 31.0 Å². The number of aryl methyl sites for hydroxylation is 1. The van der Waals surface area contributed by atoms with Crippen molar-refractivity contribution in [1.82, 2.24) is 4.57 Å². The number of benzene rings is 2. The second-order valence-corrected chi connectivity index (χ2v) is 7.58. The van der Waals surface area contributed by atoms with E-state index < -0.39 is 5.92 Å². The summed E-state index contributed by atoms with van der Waals surface area (Å²) in [6.45, 7) is 2.95. The van der Waals surface area contributed by atoms with Crippen LogP contribution in [0.25, 0.3) is 21.8 Å². The van der Waals surface area contributed by atoms with Gasteiger partial charge in [-0.3, -0.25) is 4.79 Å². The van der Waals surface area contributed by atoms with Crippen LogP contribution in [-0.4, -0.2) is 10.4 Å². The Kier molecular flexibility index (Phi) is 3.95. The molecule has 1 atom stereocenters. The number of nitrogens with two attached hydrogens (primary N) is 1. The fourth-order valence-electron chi connectivity index (χ4n) is 4.78. The minimum atomic E-state index is -0.468. The molecular formula is C24H21N3O2. The van der Waals surface area contributed by atoms with Crippen LogP contribution in [0.5, 0.6) is 0 Å². The molecule has 2 heterocycles. The van der Waals surface area contributed by atoms with Gasteiger partial charge in [-0.2, -0.15) is 5.26 Å². The van der Waals surface area contributed by atoms with Crippen molar-refractivity contribution in [1.29, 1.82) is 5.26 Å². The van der Waals surface area contributed by atoms with Crippen molar-refractivity contribution in [3.8, 4) is 6.07 Å². The van der Waals surface area contributed by atoms with Crippen LogP contribution in [0.4, 0.5) is 0 Å². The fourth-order valence-corrected chi connectivity index (χ4v) is 4.78. The third-order valence-electron chi connectivity index (χ3n) is 6.05. The van der Waals surface area contributed by atoms with Crippen LogP contribution in [0.15, 0.2) is 65.3 Å². The quantitative estimate of drug-likeness (QED) is 0.700. The summed E-state index contributed by atoms with van der Waals surface area (Å²) in [5, 5.41) is 12.2. The third-order valence-corrected chi connectivity index (χ3v) is 6.05. The average Bonchev–Trinajstić information content (AvgIpc) is 3.05. The molecular weight excluding hydrogens is 362 g/mol. The molecule has 2 aromatic carbocycles. The fraction of sp³-hybridized carbons (Fsp3) is 0.250. The van der Waals surface area contributed by atoms with Crippen LogP contribution in [0.3, 0.4) is 0 Å². The standard InChI is InChI=1S/C24H21N3O2/c1-2-27-18-7-4-3-6-15(18)16-11-10-14(12-19(16)27)22-17(13-25)24(26)29-21-9-5-8-20(28)23(21)22/h3-4,6-7,10-12,22H,2,5,8-9,26H2,1H3/t22-/m1/s1. The molecule has 2 N–H and O–H groups in total. The number of allylic oxidation sites excluding steroid dienone is 3. The topological polar surface area (TPSA) is 81.0 Å². The lowest BCUT2D eigenvalue weighted by molar-refractivity contribution is -0.116. The van der Waals surface area contributed by atoms with Gasteiger partial charge in [-0.15, -0.1) is 0 Å². The van der Waals surface area contributed by atoms with E-state index in [1.165, 1.54) is 10.9 Å². The molecule has 144 valence electrons. The molecule has 1 aliphatic heterocycles. The zero-order valence-electron chi connectivity index (χ0n) is 16.2. The minimum absolute atomic E-state index is 0.0487. The van der Waals surface area contributed by atoms with E-state index in [0.29, 0.717) is 29.7 Å². The SMILES string of the molecule is CCn1c2ccccc2c2ccc([C@@H]3C(C#N)=C(N)OC4=C3C(=O)CCC4)cc21. The number of hydrogen-bond donors (Lipinski definition) is 1. The maximum absolute atomic E-state index is 12.8. The summed E-state index contributed by atoms with van der Waals surface area (Å²) >= 11 is 0. The molecule has 5 rings (SSSR count). The normalized spacial score (nSPS) is 19.4. The van der Waals surface area contributed by atoms with Crippen LogP contribution >= 0.6 is 0 Å². The van der Waals surface area contributed by atoms with E-state index >= 15 is 0 Å². The van der Waals surface area contributed by atoms with Crippen LogP contribution in [0.1, 0.15) is 37.7 Å². The second kappa shape index (κ2) is 6.52. The highest BCUT2D eigenvalue weighted by molar-refractivity contribution is 6.08. The van der Waals surface area contributed by atoms with Gasteiger partial charge in [-0.25, -0.2) is 0 Å². The molecule has 0 spiro atoms. The summed E-state index contributed by atoms with van der Waals surface area (Å²) in [4.78, 5) is 12.8. The Morgan fingerprint density at radius 2 is 1.97 bits per heavy atom. The van der Waals surface area contributed by atoms with Gasteiger partial charge in [0.2, 0.25) is 5.88 Å². The maximum atomic E-state index is 12.8. The van der Waals surface area contributed by atoms with E-state index in [1.54, 1.807) is 0 Å². The Bertz CT molecular complexity index is 1290. The first-order valence-electron chi connectivity index (χ1n) is 9.98. The summed E-state index contributed by atoms with van der Waals surface area (Å²) in [7, 11) is 0. The lowest BCUT2D eigenvalue weighted by atomic mass is 9.77. The predicted molar refractivity (Wildman–Crippen MR) is 112 cm³/mol. The summed E-state index contributed by atoms with van der Waals surface area (Å²) in [6, 6.07) is 16.7. The number of nitriles is 1. The molecule has 5 nitrogen and oxygen atoms in total. The number of carbonyl (C=O) groups is 1. The van der Waals surface area contributed by atoms with Crippen LogP contribution < -0.4 is 5.73 Å². The summed E-state index contributed by atoms with van der Waals surface area (Å²) in [6.07, 6.45) is 1.91. The third kappa shape index (κ3) is 2.49. The lowest BCUT2D eigenvalue weighted by Crippen LogP contribution is -2.27. The van der Waals surface area contributed by atoms with Crippen LogP contribution in [-0.2, 0) is 16.1 Å². The number of hydrogen-bond acceptors (Lipinski definition) is 4. The molecule has 2 aliphatic rings. The van der Waals surface area contributed by atoms with Gasteiger partial charge in [0.05, 0.1) is 5.92 Å². The van der Waals surface area contributed by atoms with Crippen molar-refractivity contribution in [3.05, 3.63) is 70.8 Å². The number of ketones is 1. The van der Waals surface area contributed by atoms with Crippen molar-refractivity contribution in [2.45, 2.75) is 38.6 Å². The molecule has 1 aliphatic carbocycles. The minimum Gasteiger partial charge on any atom is -0.444 e. The first-order valence-corrected chi connectivity index (χ1v) is 9.98. The number of ether oxygens (including phenoxy) is 1. The predicted octanol–water partition coefficient (Wildman–Crippen LogP) is 4.63. The van der Waals surface area contributed by atoms with Crippen molar-refractivity contribution >= 4 is 27.6 Å². The van der Waals surface area contributed by atoms with Gasteiger partial charge in [-0.1, -0.05) is 30.3 Å². The molecule has 0 unspecified atom stereocenters. The second-order valence-electron chi connectivity index (χ2n) is 7.58. The Hall–Kier alpha value is -3.52. The Labute approximate surface area is 168 Å². The summed E-state index contributed by atoms with van der Waals surface area (Å²) in [5.74, 6) is 0.317. The maximum Gasteiger partial charge on any atom is 0.205 e. The van der Waals surface area contributed by atoms with E-state index in [2.05, 4.69) is 41.8 Å². The molecule has 3 aromatic rings. The monoisotopic (exact) mass is 383 g/mol. The van der Waals surface area contributed by atoms with E-state index in [1.807, 2.05) is 18.2 Å². The molecule has 0 bridgehead atoms. The highest BCUT2D eigenvalue weighted by Crippen LogP contribution is 2.44. The zero-order valence-corrected chi connectivity index (χ0v) is 16.2. The molecule has 5 heteroatoms. The van der Waals surface area contributed by atoms with Gasteiger partial charge < -0.3 is 15.0 Å². The number of carbonyl (C=O) groups excluding carboxylic acids is 1. The van der Waals surface area contributed by atoms with Crippen molar-refractivity contribution in [2.75, 3.05) is 0 Å². The van der Waals surface area contributed by atoms with Crippen LogP contribution in [0.2, 0.25) is 0 Å². The molecule has 0 radical (unpaired) electrons. The van der Waals surface area contributed by atoms with Crippen molar-refractivity contribution in [3.63, 3.8) is 0 Å².